The van der Waals surface area contributed by atoms with E-state index in [0.29, 0.717) is 13.1 Å². The molecule has 0 aromatic rings. The quantitative estimate of drug-likeness (QED) is 0.690. The molecular formula is C16H28N2O4. The molecule has 0 aromatic heterocycles. The molecule has 2 amide bonds. The van der Waals surface area contributed by atoms with Gasteiger partial charge < -0.3 is 19.3 Å². The Morgan fingerprint density at radius 1 is 0.773 bits per heavy atom. The Morgan fingerprint density at radius 2 is 1.09 bits per heavy atom. The average Bonchev–Trinajstić information content (AvgIpc) is 2.35. The lowest BCUT2D eigenvalue weighted by molar-refractivity contribution is -0.0512. The molecule has 3 heterocycles. The van der Waals surface area contributed by atoms with Gasteiger partial charge >= 0.3 is 12.2 Å². The van der Waals surface area contributed by atoms with Crippen LogP contribution >= 0.6 is 0 Å². The minimum atomic E-state index is -0.501. The fraction of sp³-hybridized carbons (Fsp3) is 0.875. The van der Waals surface area contributed by atoms with Crippen molar-refractivity contribution in [2.75, 3.05) is 13.1 Å². The predicted octanol–water partition coefficient (Wildman–Crippen LogP) is 3.01. The maximum atomic E-state index is 12.3. The zero-order valence-corrected chi connectivity index (χ0v) is 14.5. The van der Waals surface area contributed by atoms with E-state index in [4.69, 9.17) is 9.47 Å². The van der Waals surface area contributed by atoms with E-state index in [1.165, 1.54) is 0 Å². The van der Waals surface area contributed by atoms with E-state index in [2.05, 4.69) is 0 Å². The van der Waals surface area contributed by atoms with Crippen LogP contribution < -0.4 is 0 Å². The second-order valence-electron chi connectivity index (χ2n) is 8.15. The molecule has 6 nitrogen and oxygen atoms in total. The Labute approximate surface area is 132 Å². The van der Waals surface area contributed by atoms with Gasteiger partial charge in [0.25, 0.3) is 0 Å². The van der Waals surface area contributed by atoms with Crippen LogP contribution in [0.2, 0.25) is 0 Å². The molecule has 3 fully saturated rings. The van der Waals surface area contributed by atoms with Crippen LogP contribution in [0.3, 0.4) is 0 Å². The Hall–Kier alpha value is -1.46. The van der Waals surface area contributed by atoms with Crippen LogP contribution in [-0.4, -0.2) is 58.4 Å². The standard InChI is InChI=1S/C16H28N2O4/c1-15(2,3)21-13(19)17-9-12-8-7-11(17)10-18(12)14(20)22-16(4,5)6/h11-12H,7-10H2,1-6H3/t11-,12-/m1/s1. The van der Waals surface area contributed by atoms with Crippen LogP contribution in [0, 0.1) is 0 Å². The molecule has 0 radical (unpaired) electrons. The van der Waals surface area contributed by atoms with Gasteiger partial charge in [0, 0.05) is 13.1 Å². The fourth-order valence-corrected chi connectivity index (χ4v) is 2.92. The summed E-state index contributed by atoms with van der Waals surface area (Å²) in [7, 11) is 0. The number of carbonyl (C=O) groups is 2. The molecule has 3 rings (SSSR count). The summed E-state index contributed by atoms with van der Waals surface area (Å²) in [5.74, 6) is 0. The normalized spacial score (nSPS) is 25.2. The summed E-state index contributed by atoms with van der Waals surface area (Å²) in [4.78, 5) is 28.1. The molecule has 0 N–H and O–H groups in total. The first-order valence-corrected chi connectivity index (χ1v) is 7.95. The number of fused-ring (bicyclic) bond motifs is 3. The second-order valence-corrected chi connectivity index (χ2v) is 8.15. The van der Waals surface area contributed by atoms with Gasteiger partial charge in [-0.05, 0) is 54.4 Å². The van der Waals surface area contributed by atoms with Crippen LogP contribution in [0.1, 0.15) is 54.4 Å². The van der Waals surface area contributed by atoms with E-state index in [1.54, 1.807) is 9.80 Å². The molecule has 6 heteroatoms. The highest BCUT2D eigenvalue weighted by Gasteiger charge is 2.45. The van der Waals surface area contributed by atoms with Crippen LogP contribution in [0.15, 0.2) is 0 Å². The maximum Gasteiger partial charge on any atom is 0.410 e. The van der Waals surface area contributed by atoms with Gasteiger partial charge in [-0.3, -0.25) is 0 Å². The largest absolute Gasteiger partial charge is 0.444 e. The zero-order chi connectivity index (χ0) is 16.7. The van der Waals surface area contributed by atoms with Gasteiger partial charge in [0.05, 0.1) is 12.1 Å². The monoisotopic (exact) mass is 312 g/mol. The number of carbonyl (C=O) groups excluding carboxylic acids is 2. The predicted molar refractivity (Wildman–Crippen MR) is 82.7 cm³/mol. The summed E-state index contributed by atoms with van der Waals surface area (Å²) >= 11 is 0. The number of piperidine rings is 2. The SMILES string of the molecule is CC(C)(C)OC(=O)N1C[C@H]2CC[C@@H]1CN2C(=O)OC(C)(C)C. The van der Waals surface area contributed by atoms with E-state index in [1.807, 2.05) is 41.5 Å². The Kier molecular flexibility index (Phi) is 4.33. The van der Waals surface area contributed by atoms with E-state index in [-0.39, 0.29) is 24.3 Å². The molecule has 2 bridgehead atoms. The van der Waals surface area contributed by atoms with Gasteiger partial charge in [-0.25, -0.2) is 9.59 Å². The molecule has 0 saturated carbocycles. The van der Waals surface area contributed by atoms with Crippen molar-refractivity contribution in [3.05, 3.63) is 0 Å². The molecule has 3 aliphatic rings. The summed E-state index contributed by atoms with van der Waals surface area (Å²) < 4.78 is 10.9. The lowest BCUT2D eigenvalue weighted by atomic mass is 9.91. The highest BCUT2D eigenvalue weighted by atomic mass is 16.6. The highest BCUT2D eigenvalue weighted by Crippen LogP contribution is 2.31. The number of ether oxygens (including phenoxy) is 2. The summed E-state index contributed by atoms with van der Waals surface area (Å²) in [6, 6.07) is 0.0414. The number of hydrogen-bond acceptors (Lipinski definition) is 4. The molecule has 0 aromatic carbocycles. The molecule has 126 valence electrons. The summed E-state index contributed by atoms with van der Waals surface area (Å²) in [5, 5.41) is 0. The first kappa shape index (κ1) is 16.9. The minimum absolute atomic E-state index is 0.0207. The van der Waals surface area contributed by atoms with Crippen LogP contribution in [0.4, 0.5) is 9.59 Å². The van der Waals surface area contributed by atoms with Gasteiger partial charge in [0.15, 0.2) is 0 Å². The zero-order valence-electron chi connectivity index (χ0n) is 14.5. The van der Waals surface area contributed by atoms with Gasteiger partial charge in [0.1, 0.15) is 11.2 Å². The maximum absolute atomic E-state index is 12.3. The van der Waals surface area contributed by atoms with E-state index in [9.17, 15) is 9.59 Å². The van der Waals surface area contributed by atoms with Crippen molar-refractivity contribution in [1.82, 2.24) is 9.80 Å². The molecule has 0 aliphatic carbocycles. The van der Waals surface area contributed by atoms with Gasteiger partial charge in [0.2, 0.25) is 0 Å². The number of rotatable bonds is 0. The van der Waals surface area contributed by atoms with Crippen molar-refractivity contribution in [3.63, 3.8) is 0 Å². The van der Waals surface area contributed by atoms with Crippen molar-refractivity contribution >= 4 is 12.2 Å². The Morgan fingerprint density at radius 3 is 1.32 bits per heavy atom. The first-order valence-electron chi connectivity index (χ1n) is 7.95. The topological polar surface area (TPSA) is 59.1 Å². The number of hydrogen-bond donors (Lipinski definition) is 0. The van der Waals surface area contributed by atoms with E-state index >= 15 is 0 Å². The number of nitrogens with zero attached hydrogens (tertiary/aromatic N) is 2. The Bertz CT molecular complexity index is 408. The molecule has 22 heavy (non-hydrogen) atoms. The van der Waals surface area contributed by atoms with E-state index < -0.39 is 11.2 Å². The third kappa shape index (κ3) is 4.05. The number of amides is 2. The van der Waals surface area contributed by atoms with Crippen molar-refractivity contribution in [2.45, 2.75) is 77.7 Å². The smallest absolute Gasteiger partial charge is 0.410 e. The fourth-order valence-electron chi connectivity index (χ4n) is 2.92. The lowest BCUT2D eigenvalue weighted by Crippen LogP contribution is -2.65. The van der Waals surface area contributed by atoms with Crippen molar-refractivity contribution < 1.29 is 19.1 Å². The summed E-state index contributed by atoms with van der Waals surface area (Å²) in [6.45, 7) is 12.2. The van der Waals surface area contributed by atoms with E-state index in [0.717, 1.165) is 12.8 Å². The Balaban J connectivity index is 2.00. The average molecular weight is 312 g/mol. The minimum Gasteiger partial charge on any atom is -0.444 e. The van der Waals surface area contributed by atoms with Crippen molar-refractivity contribution in [3.8, 4) is 0 Å². The highest BCUT2D eigenvalue weighted by molar-refractivity contribution is 5.72. The molecular weight excluding hydrogens is 284 g/mol. The van der Waals surface area contributed by atoms with Crippen LogP contribution in [-0.2, 0) is 9.47 Å². The molecule has 0 spiro atoms. The molecule has 3 saturated heterocycles. The summed E-state index contributed by atoms with van der Waals surface area (Å²) in [5.41, 5.74) is -1.00. The third-order valence-corrected chi connectivity index (χ3v) is 3.79. The van der Waals surface area contributed by atoms with Gasteiger partial charge in [-0.15, -0.1) is 0 Å². The molecule has 0 unspecified atom stereocenters. The van der Waals surface area contributed by atoms with Gasteiger partial charge in [-0.2, -0.15) is 0 Å². The summed E-state index contributed by atoms with van der Waals surface area (Å²) in [6.07, 6.45) is 1.24. The van der Waals surface area contributed by atoms with Crippen molar-refractivity contribution in [2.24, 2.45) is 0 Å². The molecule has 3 aliphatic heterocycles. The number of piperazine rings is 1. The lowest BCUT2D eigenvalue weighted by Gasteiger charge is -2.50. The first-order chi connectivity index (χ1) is 9.96. The van der Waals surface area contributed by atoms with Crippen molar-refractivity contribution in [1.29, 1.82) is 0 Å². The van der Waals surface area contributed by atoms with Gasteiger partial charge in [-0.1, -0.05) is 0 Å². The third-order valence-electron chi connectivity index (χ3n) is 3.79. The van der Waals surface area contributed by atoms with Crippen LogP contribution in [0.5, 0.6) is 0 Å². The second kappa shape index (κ2) is 5.63. The molecule has 2 atom stereocenters. The van der Waals surface area contributed by atoms with Crippen LogP contribution in [0.25, 0.3) is 0 Å².